The van der Waals surface area contributed by atoms with E-state index in [2.05, 4.69) is 5.32 Å². The molecule has 2 aromatic rings. The van der Waals surface area contributed by atoms with Gasteiger partial charge in [0.25, 0.3) is 0 Å². The molecular formula is C20H24ClNO4. The maximum atomic E-state index is 10.3. The Hall–Kier alpha value is -1.63. The SMILES string of the molecule is CCOc1ccc(Cc2cc(C3NC[C@@H](O)[C@H](O)C3O)ccc2Cl)cc1. The number of rotatable bonds is 5. The van der Waals surface area contributed by atoms with Crippen LogP contribution in [0.2, 0.25) is 5.02 Å². The molecular weight excluding hydrogens is 354 g/mol. The maximum absolute atomic E-state index is 10.3. The standard InChI is InChI=1S/C20H24ClNO4/c1-2-26-15-6-3-12(4-7-15)9-14-10-13(5-8-16(14)21)18-20(25)19(24)17(23)11-22-18/h3-8,10,17-20,22-25H,2,9,11H2,1H3/t17-,18?,19+,20?/m1/s1. The predicted molar refractivity (Wildman–Crippen MR) is 101 cm³/mol. The van der Waals surface area contributed by atoms with Crippen molar-refractivity contribution in [3.05, 3.63) is 64.2 Å². The van der Waals surface area contributed by atoms with E-state index in [1.807, 2.05) is 43.3 Å². The molecule has 5 nitrogen and oxygen atoms in total. The second-order valence-corrected chi connectivity index (χ2v) is 6.95. The van der Waals surface area contributed by atoms with Crippen molar-refractivity contribution in [3.63, 3.8) is 0 Å². The molecule has 1 heterocycles. The van der Waals surface area contributed by atoms with Crippen LogP contribution in [0, 0.1) is 0 Å². The second-order valence-electron chi connectivity index (χ2n) is 6.54. The number of halogens is 1. The molecule has 0 aliphatic carbocycles. The summed E-state index contributed by atoms with van der Waals surface area (Å²) in [5.41, 5.74) is 2.86. The van der Waals surface area contributed by atoms with E-state index in [9.17, 15) is 15.3 Å². The molecule has 1 saturated heterocycles. The van der Waals surface area contributed by atoms with E-state index >= 15 is 0 Å². The molecule has 0 aromatic heterocycles. The lowest BCUT2D eigenvalue weighted by molar-refractivity contribution is -0.0949. The van der Waals surface area contributed by atoms with Crippen LogP contribution < -0.4 is 10.1 Å². The van der Waals surface area contributed by atoms with Crippen molar-refractivity contribution in [3.8, 4) is 5.75 Å². The molecule has 4 N–H and O–H groups in total. The first-order valence-corrected chi connectivity index (χ1v) is 9.15. The number of benzene rings is 2. The van der Waals surface area contributed by atoms with Crippen LogP contribution in [0.25, 0.3) is 0 Å². The van der Waals surface area contributed by atoms with Gasteiger partial charge in [-0.3, -0.25) is 0 Å². The molecule has 0 bridgehead atoms. The van der Waals surface area contributed by atoms with Crippen molar-refractivity contribution in [1.82, 2.24) is 5.32 Å². The summed E-state index contributed by atoms with van der Waals surface area (Å²) in [6.45, 7) is 2.80. The van der Waals surface area contributed by atoms with Crippen molar-refractivity contribution in [1.29, 1.82) is 0 Å². The number of β-amino-alcohol motifs (C(OH)–C–C–N with tert-alkyl or cyclic N) is 1. The number of aliphatic hydroxyl groups is 3. The van der Waals surface area contributed by atoms with Crippen molar-refractivity contribution in [2.24, 2.45) is 0 Å². The van der Waals surface area contributed by atoms with E-state index in [1.165, 1.54) is 0 Å². The normalized spacial score (nSPS) is 25.9. The van der Waals surface area contributed by atoms with Crippen molar-refractivity contribution in [2.45, 2.75) is 37.7 Å². The Morgan fingerprint density at radius 1 is 1.08 bits per heavy atom. The van der Waals surface area contributed by atoms with E-state index in [0.29, 0.717) is 18.1 Å². The first-order valence-electron chi connectivity index (χ1n) is 8.77. The zero-order chi connectivity index (χ0) is 18.7. The van der Waals surface area contributed by atoms with E-state index < -0.39 is 24.4 Å². The quantitative estimate of drug-likeness (QED) is 0.641. The molecule has 2 aromatic carbocycles. The Balaban J connectivity index is 1.79. The Kier molecular flexibility index (Phi) is 6.16. The summed E-state index contributed by atoms with van der Waals surface area (Å²) >= 11 is 6.36. The van der Waals surface area contributed by atoms with Gasteiger partial charge < -0.3 is 25.4 Å². The molecule has 0 radical (unpaired) electrons. The molecule has 2 unspecified atom stereocenters. The third-order valence-corrected chi connectivity index (χ3v) is 5.06. The van der Waals surface area contributed by atoms with Crippen LogP contribution in [-0.2, 0) is 6.42 Å². The molecule has 0 saturated carbocycles. The third kappa shape index (κ3) is 4.19. The highest BCUT2D eigenvalue weighted by Crippen LogP contribution is 2.29. The highest BCUT2D eigenvalue weighted by atomic mass is 35.5. The third-order valence-electron chi connectivity index (χ3n) is 4.69. The fraction of sp³-hybridized carbons (Fsp3) is 0.400. The van der Waals surface area contributed by atoms with Gasteiger partial charge in [0.05, 0.1) is 18.8 Å². The summed E-state index contributed by atoms with van der Waals surface area (Å²) in [6, 6.07) is 13.0. The van der Waals surface area contributed by atoms with Gasteiger partial charge in [0.2, 0.25) is 0 Å². The van der Waals surface area contributed by atoms with Gasteiger partial charge in [0, 0.05) is 11.6 Å². The Bertz CT molecular complexity index is 737. The Morgan fingerprint density at radius 3 is 2.50 bits per heavy atom. The molecule has 0 amide bonds. The summed E-state index contributed by atoms with van der Waals surface area (Å²) in [4.78, 5) is 0. The predicted octanol–water partition coefficient (Wildman–Crippen LogP) is 2.06. The molecule has 4 atom stereocenters. The minimum atomic E-state index is -1.17. The topological polar surface area (TPSA) is 82.0 Å². The molecule has 26 heavy (non-hydrogen) atoms. The van der Waals surface area contributed by atoms with Gasteiger partial charge in [-0.1, -0.05) is 35.9 Å². The largest absolute Gasteiger partial charge is 0.494 e. The number of hydrogen-bond acceptors (Lipinski definition) is 5. The van der Waals surface area contributed by atoms with E-state index in [-0.39, 0.29) is 6.54 Å². The maximum Gasteiger partial charge on any atom is 0.119 e. The lowest BCUT2D eigenvalue weighted by Gasteiger charge is -2.36. The van der Waals surface area contributed by atoms with Crippen LogP contribution >= 0.6 is 11.6 Å². The van der Waals surface area contributed by atoms with E-state index in [0.717, 1.165) is 22.4 Å². The van der Waals surface area contributed by atoms with Gasteiger partial charge >= 0.3 is 0 Å². The average Bonchev–Trinajstić information content (AvgIpc) is 2.64. The van der Waals surface area contributed by atoms with E-state index in [4.69, 9.17) is 16.3 Å². The molecule has 0 spiro atoms. The zero-order valence-corrected chi connectivity index (χ0v) is 15.4. The molecule has 140 valence electrons. The first kappa shape index (κ1) is 19.1. The van der Waals surface area contributed by atoms with Crippen LogP contribution in [0.4, 0.5) is 0 Å². The summed E-state index contributed by atoms with van der Waals surface area (Å²) in [7, 11) is 0. The van der Waals surface area contributed by atoms with Crippen LogP contribution in [0.15, 0.2) is 42.5 Å². The number of aliphatic hydroxyl groups excluding tert-OH is 3. The van der Waals surface area contributed by atoms with Gasteiger partial charge in [-0.15, -0.1) is 0 Å². The Labute approximate surface area is 158 Å². The first-order chi connectivity index (χ1) is 12.5. The molecule has 1 aliphatic heterocycles. The Morgan fingerprint density at radius 2 is 1.81 bits per heavy atom. The summed E-state index contributed by atoms with van der Waals surface area (Å²) in [5.74, 6) is 0.832. The van der Waals surface area contributed by atoms with Crippen LogP contribution in [-0.4, -0.2) is 46.8 Å². The molecule has 6 heteroatoms. The highest BCUT2D eigenvalue weighted by Gasteiger charge is 2.37. The van der Waals surface area contributed by atoms with Crippen molar-refractivity contribution in [2.75, 3.05) is 13.2 Å². The lowest BCUT2D eigenvalue weighted by atomic mass is 9.89. The zero-order valence-electron chi connectivity index (χ0n) is 14.6. The van der Waals surface area contributed by atoms with Gasteiger partial charge in [0.15, 0.2) is 0 Å². The molecule has 1 aliphatic rings. The van der Waals surface area contributed by atoms with Crippen LogP contribution in [0.5, 0.6) is 5.75 Å². The highest BCUT2D eigenvalue weighted by molar-refractivity contribution is 6.31. The number of nitrogens with one attached hydrogen (secondary N) is 1. The summed E-state index contributed by atoms with van der Waals surface area (Å²) in [6.07, 6.45) is -2.59. The van der Waals surface area contributed by atoms with E-state index in [1.54, 1.807) is 6.07 Å². The fourth-order valence-corrected chi connectivity index (χ4v) is 3.43. The van der Waals surface area contributed by atoms with Crippen LogP contribution in [0.3, 0.4) is 0 Å². The molecule has 3 rings (SSSR count). The number of piperidine rings is 1. The number of ether oxygens (including phenoxy) is 1. The average molecular weight is 378 g/mol. The van der Waals surface area contributed by atoms with Crippen molar-refractivity contribution >= 4 is 11.6 Å². The summed E-state index contributed by atoms with van der Waals surface area (Å²) < 4.78 is 5.46. The number of hydrogen-bond donors (Lipinski definition) is 4. The lowest BCUT2D eigenvalue weighted by Crippen LogP contribution is -2.55. The van der Waals surface area contributed by atoms with Crippen molar-refractivity contribution < 1.29 is 20.1 Å². The van der Waals surface area contributed by atoms with Gasteiger partial charge in [0.1, 0.15) is 18.0 Å². The summed E-state index contributed by atoms with van der Waals surface area (Å²) in [5, 5.41) is 33.6. The molecule has 1 fully saturated rings. The van der Waals surface area contributed by atoms with Gasteiger partial charge in [-0.2, -0.15) is 0 Å². The fourth-order valence-electron chi connectivity index (χ4n) is 3.24. The monoisotopic (exact) mass is 377 g/mol. The minimum absolute atomic E-state index is 0.222. The smallest absolute Gasteiger partial charge is 0.119 e. The second kappa shape index (κ2) is 8.37. The van der Waals surface area contributed by atoms with Gasteiger partial charge in [-0.25, -0.2) is 0 Å². The minimum Gasteiger partial charge on any atom is -0.494 e. The van der Waals surface area contributed by atoms with Crippen LogP contribution in [0.1, 0.15) is 29.7 Å². The van der Waals surface area contributed by atoms with Gasteiger partial charge in [-0.05, 0) is 48.2 Å².